The van der Waals surface area contributed by atoms with Gasteiger partial charge in [-0.3, -0.25) is 4.79 Å². The number of β-amino-alcohol motifs (C(OH)–C–C–N with tert-alkyl or cyclic N) is 2. The molecule has 2 rings (SSSR count). The van der Waals surface area contributed by atoms with Crippen molar-refractivity contribution in [2.24, 2.45) is 0 Å². The Kier molecular flexibility index (Phi) is 4.60. The van der Waals surface area contributed by atoms with E-state index in [1.54, 1.807) is 6.07 Å². The van der Waals surface area contributed by atoms with Crippen LogP contribution in [0.2, 0.25) is 0 Å². The Hall–Kier alpha value is -0.910. The number of aliphatic hydroxyl groups excluding tert-OH is 2. The van der Waals surface area contributed by atoms with Crippen LogP contribution in [0.3, 0.4) is 0 Å². The third-order valence-electron chi connectivity index (χ3n) is 3.38. The van der Waals surface area contributed by atoms with E-state index in [0.717, 1.165) is 16.5 Å². The molecule has 19 heavy (non-hydrogen) atoms. The highest BCUT2D eigenvalue weighted by Gasteiger charge is 2.29. The van der Waals surface area contributed by atoms with E-state index in [0.29, 0.717) is 12.0 Å². The van der Waals surface area contributed by atoms with Gasteiger partial charge in [0.2, 0.25) is 0 Å². The summed E-state index contributed by atoms with van der Waals surface area (Å²) in [6, 6.07) is 5.64. The number of aryl methyl sites for hydroxylation is 1. The number of carbonyl (C=O) groups is 1. The second kappa shape index (κ2) is 6.03. The maximum atomic E-state index is 12.5. The van der Waals surface area contributed by atoms with E-state index < -0.39 is 12.2 Å². The maximum Gasteiger partial charge on any atom is 0.254 e. The predicted molar refractivity (Wildman–Crippen MR) is 76.1 cm³/mol. The molecule has 1 aliphatic heterocycles. The van der Waals surface area contributed by atoms with E-state index in [2.05, 4.69) is 15.9 Å². The largest absolute Gasteiger partial charge is 0.391 e. The van der Waals surface area contributed by atoms with Crippen molar-refractivity contribution in [3.8, 4) is 0 Å². The summed E-state index contributed by atoms with van der Waals surface area (Å²) >= 11 is 3.37. The van der Waals surface area contributed by atoms with Crippen LogP contribution in [0.4, 0.5) is 0 Å². The highest BCUT2D eigenvalue weighted by atomic mass is 79.9. The first-order valence-electron chi connectivity index (χ1n) is 6.45. The number of hydrogen-bond acceptors (Lipinski definition) is 3. The number of piperidine rings is 1. The monoisotopic (exact) mass is 327 g/mol. The van der Waals surface area contributed by atoms with Gasteiger partial charge in [-0.25, -0.2) is 0 Å². The van der Waals surface area contributed by atoms with Crippen molar-refractivity contribution in [3.63, 3.8) is 0 Å². The van der Waals surface area contributed by atoms with Crippen molar-refractivity contribution < 1.29 is 15.0 Å². The molecule has 104 valence electrons. The summed E-state index contributed by atoms with van der Waals surface area (Å²) in [6.45, 7) is 2.57. The average molecular weight is 328 g/mol. The molecule has 1 aliphatic rings. The summed E-state index contributed by atoms with van der Waals surface area (Å²) in [6.07, 6.45) is -0.189. The first-order valence-corrected chi connectivity index (χ1v) is 7.24. The van der Waals surface area contributed by atoms with Crippen LogP contribution >= 0.6 is 15.9 Å². The van der Waals surface area contributed by atoms with Crippen LogP contribution in [-0.4, -0.2) is 46.3 Å². The van der Waals surface area contributed by atoms with Crippen molar-refractivity contribution in [2.45, 2.75) is 32.0 Å². The first-order chi connectivity index (χ1) is 9.01. The van der Waals surface area contributed by atoms with Gasteiger partial charge in [0.05, 0.1) is 12.2 Å². The number of carbonyl (C=O) groups excluding carboxylic acids is 1. The normalized spacial score (nSPS) is 23.5. The lowest BCUT2D eigenvalue weighted by Gasteiger charge is -2.33. The Bertz CT molecular complexity index is 468. The molecule has 0 bridgehead atoms. The average Bonchev–Trinajstić information content (AvgIpc) is 2.36. The van der Waals surface area contributed by atoms with Crippen molar-refractivity contribution in [1.82, 2.24) is 4.90 Å². The Morgan fingerprint density at radius 2 is 2.00 bits per heavy atom. The van der Waals surface area contributed by atoms with E-state index in [4.69, 9.17) is 0 Å². The zero-order chi connectivity index (χ0) is 14.0. The smallest absolute Gasteiger partial charge is 0.254 e. The van der Waals surface area contributed by atoms with Gasteiger partial charge >= 0.3 is 0 Å². The van der Waals surface area contributed by atoms with Crippen LogP contribution in [0.5, 0.6) is 0 Å². The van der Waals surface area contributed by atoms with E-state index in [1.165, 1.54) is 4.90 Å². The second-order valence-electron chi connectivity index (χ2n) is 4.91. The number of aliphatic hydroxyl groups is 2. The van der Waals surface area contributed by atoms with Crippen LogP contribution in [0.15, 0.2) is 22.7 Å². The molecule has 1 amide bonds. The van der Waals surface area contributed by atoms with E-state index >= 15 is 0 Å². The molecule has 1 aromatic rings. The zero-order valence-electron chi connectivity index (χ0n) is 10.8. The van der Waals surface area contributed by atoms with Gasteiger partial charge < -0.3 is 15.1 Å². The molecule has 5 heteroatoms. The van der Waals surface area contributed by atoms with Gasteiger partial charge in [0.15, 0.2) is 0 Å². The summed E-state index contributed by atoms with van der Waals surface area (Å²) in [5.74, 6) is -0.129. The fourth-order valence-electron chi connectivity index (χ4n) is 2.44. The lowest BCUT2D eigenvalue weighted by molar-refractivity contribution is -0.00389. The van der Waals surface area contributed by atoms with E-state index in [-0.39, 0.29) is 19.0 Å². The maximum absolute atomic E-state index is 12.5. The molecule has 1 saturated heterocycles. The second-order valence-corrected chi connectivity index (χ2v) is 5.82. The van der Waals surface area contributed by atoms with Crippen LogP contribution in [-0.2, 0) is 6.42 Å². The lowest BCUT2D eigenvalue weighted by Crippen LogP contribution is -2.48. The van der Waals surface area contributed by atoms with Gasteiger partial charge in [-0.05, 0) is 24.1 Å². The van der Waals surface area contributed by atoms with Crippen LogP contribution in [0.25, 0.3) is 0 Å². The molecular weight excluding hydrogens is 310 g/mol. The molecule has 0 saturated carbocycles. The number of benzene rings is 1. The molecule has 0 radical (unpaired) electrons. The molecule has 0 aliphatic carbocycles. The molecule has 0 spiro atoms. The molecule has 2 N–H and O–H groups in total. The fraction of sp³-hybridized carbons (Fsp3) is 0.500. The van der Waals surface area contributed by atoms with Gasteiger partial charge in [0.25, 0.3) is 5.91 Å². The summed E-state index contributed by atoms with van der Waals surface area (Å²) < 4.78 is 0.853. The minimum atomic E-state index is -0.648. The quantitative estimate of drug-likeness (QED) is 0.867. The van der Waals surface area contributed by atoms with E-state index in [1.807, 2.05) is 19.1 Å². The highest BCUT2D eigenvalue weighted by molar-refractivity contribution is 9.10. The number of hydrogen-bond donors (Lipinski definition) is 2. The number of rotatable bonds is 2. The minimum Gasteiger partial charge on any atom is -0.391 e. The number of halogens is 1. The van der Waals surface area contributed by atoms with Crippen LogP contribution < -0.4 is 0 Å². The summed E-state index contributed by atoms with van der Waals surface area (Å²) in [7, 11) is 0. The third-order valence-corrected chi connectivity index (χ3v) is 3.87. The molecule has 0 aromatic heterocycles. The van der Waals surface area contributed by atoms with Crippen molar-refractivity contribution in [1.29, 1.82) is 0 Å². The van der Waals surface area contributed by atoms with E-state index in [9.17, 15) is 15.0 Å². The van der Waals surface area contributed by atoms with Crippen molar-refractivity contribution in [2.75, 3.05) is 13.1 Å². The van der Waals surface area contributed by atoms with Gasteiger partial charge in [-0.15, -0.1) is 0 Å². The Labute approximate surface area is 121 Å². The standard InChI is InChI=1S/C14H18BrNO3/c1-2-9-3-4-10(15)5-13(9)14(19)16-7-11(17)6-12(18)8-16/h3-5,11-12,17-18H,2,6-8H2,1H3/t11-,12+. The van der Waals surface area contributed by atoms with Crippen LogP contribution in [0.1, 0.15) is 29.3 Å². The SMILES string of the molecule is CCc1ccc(Br)cc1C(=O)N1C[C@H](O)C[C@H](O)C1. The molecule has 1 aromatic carbocycles. The van der Waals surface area contributed by atoms with Gasteiger partial charge in [-0.1, -0.05) is 28.9 Å². The fourth-order valence-corrected chi connectivity index (χ4v) is 2.80. The number of likely N-dealkylation sites (tertiary alicyclic amines) is 1. The number of nitrogens with zero attached hydrogens (tertiary/aromatic N) is 1. The van der Waals surface area contributed by atoms with Crippen molar-refractivity contribution >= 4 is 21.8 Å². The first kappa shape index (κ1) is 14.5. The Balaban J connectivity index is 2.26. The lowest BCUT2D eigenvalue weighted by atomic mass is 10.0. The van der Waals surface area contributed by atoms with Gasteiger partial charge in [0.1, 0.15) is 0 Å². The molecule has 0 unspecified atom stereocenters. The zero-order valence-corrected chi connectivity index (χ0v) is 12.4. The molecular formula is C14H18BrNO3. The predicted octanol–water partition coefficient (Wildman–Crippen LogP) is 1.58. The summed E-state index contributed by atoms with van der Waals surface area (Å²) in [5.41, 5.74) is 1.61. The van der Waals surface area contributed by atoms with Gasteiger partial charge in [0, 0.05) is 29.5 Å². The van der Waals surface area contributed by atoms with Gasteiger partial charge in [-0.2, -0.15) is 0 Å². The Morgan fingerprint density at radius 3 is 2.58 bits per heavy atom. The topological polar surface area (TPSA) is 60.8 Å². The minimum absolute atomic E-state index is 0.129. The molecule has 4 nitrogen and oxygen atoms in total. The Morgan fingerprint density at radius 1 is 1.37 bits per heavy atom. The van der Waals surface area contributed by atoms with Crippen LogP contribution in [0, 0.1) is 0 Å². The highest BCUT2D eigenvalue weighted by Crippen LogP contribution is 2.21. The third kappa shape index (κ3) is 3.35. The summed E-state index contributed by atoms with van der Waals surface area (Å²) in [5, 5.41) is 19.3. The molecule has 1 fully saturated rings. The number of amides is 1. The van der Waals surface area contributed by atoms with Crippen molar-refractivity contribution in [3.05, 3.63) is 33.8 Å². The summed E-state index contributed by atoms with van der Waals surface area (Å²) in [4.78, 5) is 14.0. The molecule has 1 heterocycles. The molecule has 2 atom stereocenters.